The lowest BCUT2D eigenvalue weighted by Crippen LogP contribution is -2.42. The Labute approximate surface area is 171 Å². The molecule has 0 bridgehead atoms. The second kappa shape index (κ2) is 7.79. The first-order valence-corrected chi connectivity index (χ1v) is 10.1. The molecule has 148 valence electrons. The van der Waals surface area contributed by atoms with Crippen LogP contribution in [0.5, 0.6) is 0 Å². The fourth-order valence-corrected chi connectivity index (χ4v) is 4.04. The SMILES string of the molecule is CC1N=C2c3ccccc3N=C(SC(C)C(=O)NCc3ccc(F)cc3)N2C1=O. The van der Waals surface area contributed by atoms with E-state index in [0.717, 1.165) is 16.8 Å². The van der Waals surface area contributed by atoms with Crippen molar-refractivity contribution in [2.75, 3.05) is 0 Å². The van der Waals surface area contributed by atoms with Crippen molar-refractivity contribution in [1.82, 2.24) is 10.2 Å². The number of halogens is 1. The summed E-state index contributed by atoms with van der Waals surface area (Å²) < 4.78 is 13.0. The van der Waals surface area contributed by atoms with Crippen LogP contribution >= 0.6 is 11.8 Å². The fraction of sp³-hybridized carbons (Fsp3) is 0.238. The Hall–Kier alpha value is -3.00. The molecule has 0 aliphatic carbocycles. The number of hydrogen-bond acceptors (Lipinski definition) is 5. The first-order valence-electron chi connectivity index (χ1n) is 9.22. The molecule has 6 nitrogen and oxygen atoms in total. The highest BCUT2D eigenvalue weighted by Crippen LogP contribution is 2.34. The Morgan fingerprint density at radius 2 is 1.97 bits per heavy atom. The Morgan fingerprint density at radius 3 is 2.72 bits per heavy atom. The molecule has 2 aromatic carbocycles. The van der Waals surface area contributed by atoms with E-state index in [2.05, 4.69) is 15.3 Å². The number of para-hydroxylation sites is 1. The van der Waals surface area contributed by atoms with Gasteiger partial charge in [0.05, 0.1) is 10.9 Å². The third-order valence-electron chi connectivity index (χ3n) is 4.69. The lowest BCUT2D eigenvalue weighted by atomic mass is 10.1. The van der Waals surface area contributed by atoms with Gasteiger partial charge in [0, 0.05) is 12.1 Å². The number of rotatable bonds is 4. The summed E-state index contributed by atoms with van der Waals surface area (Å²) in [4.78, 5) is 35.8. The van der Waals surface area contributed by atoms with Gasteiger partial charge in [-0.15, -0.1) is 0 Å². The Kier molecular flexibility index (Phi) is 5.19. The molecule has 2 heterocycles. The fourth-order valence-electron chi connectivity index (χ4n) is 3.10. The number of carbonyl (C=O) groups is 2. The van der Waals surface area contributed by atoms with Crippen LogP contribution in [0.25, 0.3) is 0 Å². The van der Waals surface area contributed by atoms with Crippen LogP contribution in [0.4, 0.5) is 10.1 Å². The molecular formula is C21H19FN4O2S. The summed E-state index contributed by atoms with van der Waals surface area (Å²) in [5.41, 5.74) is 2.34. The minimum absolute atomic E-state index is 0.153. The van der Waals surface area contributed by atoms with Gasteiger partial charge >= 0.3 is 0 Å². The second-order valence-corrected chi connectivity index (χ2v) is 8.13. The largest absolute Gasteiger partial charge is 0.351 e. The van der Waals surface area contributed by atoms with Crippen molar-refractivity contribution < 1.29 is 14.0 Å². The van der Waals surface area contributed by atoms with Gasteiger partial charge in [-0.3, -0.25) is 14.6 Å². The molecule has 2 aromatic rings. The zero-order valence-electron chi connectivity index (χ0n) is 15.9. The van der Waals surface area contributed by atoms with Gasteiger partial charge in [0.1, 0.15) is 17.7 Å². The van der Waals surface area contributed by atoms with Gasteiger partial charge in [-0.25, -0.2) is 14.3 Å². The van der Waals surface area contributed by atoms with Crippen molar-refractivity contribution in [2.45, 2.75) is 31.7 Å². The zero-order chi connectivity index (χ0) is 20.5. The smallest absolute Gasteiger partial charge is 0.258 e. The van der Waals surface area contributed by atoms with E-state index in [-0.39, 0.29) is 17.6 Å². The van der Waals surface area contributed by atoms with Gasteiger partial charge in [0.15, 0.2) is 5.17 Å². The average Bonchev–Trinajstić information content (AvgIpc) is 3.02. The summed E-state index contributed by atoms with van der Waals surface area (Å²) in [6.45, 7) is 3.80. The van der Waals surface area contributed by atoms with Crippen molar-refractivity contribution in [2.24, 2.45) is 9.98 Å². The quantitative estimate of drug-likeness (QED) is 0.841. The number of nitrogens with zero attached hydrogens (tertiary/aromatic N) is 3. The molecule has 0 radical (unpaired) electrons. The highest BCUT2D eigenvalue weighted by atomic mass is 32.2. The first kappa shape index (κ1) is 19.3. The number of amides is 2. The first-order chi connectivity index (χ1) is 13.9. The van der Waals surface area contributed by atoms with Crippen LogP contribution in [0, 0.1) is 5.82 Å². The lowest BCUT2D eigenvalue weighted by molar-refractivity contribution is -0.124. The number of carbonyl (C=O) groups excluding carboxylic acids is 2. The number of nitrogens with one attached hydrogen (secondary N) is 1. The Morgan fingerprint density at radius 1 is 1.24 bits per heavy atom. The van der Waals surface area contributed by atoms with Gasteiger partial charge in [0.2, 0.25) is 5.91 Å². The predicted molar refractivity (Wildman–Crippen MR) is 112 cm³/mol. The van der Waals surface area contributed by atoms with Crippen LogP contribution in [-0.2, 0) is 16.1 Å². The van der Waals surface area contributed by atoms with Gasteiger partial charge in [-0.2, -0.15) is 0 Å². The zero-order valence-corrected chi connectivity index (χ0v) is 16.7. The van der Waals surface area contributed by atoms with Crippen LogP contribution < -0.4 is 5.32 Å². The molecule has 0 saturated heterocycles. The summed E-state index contributed by atoms with van der Waals surface area (Å²) in [7, 11) is 0. The van der Waals surface area contributed by atoms with E-state index < -0.39 is 11.3 Å². The normalized spacial score (nSPS) is 18.5. The van der Waals surface area contributed by atoms with E-state index in [4.69, 9.17) is 0 Å². The minimum Gasteiger partial charge on any atom is -0.351 e. The molecule has 2 atom stereocenters. The standard InChI is InChI=1S/C21H19FN4O2S/c1-12-20(28)26-18(24-12)16-5-3-4-6-17(16)25-21(26)29-13(2)19(27)23-11-14-7-9-15(22)10-8-14/h3-10,12-13H,11H2,1-2H3,(H,23,27). The molecule has 4 rings (SSSR count). The Bertz CT molecular complexity index is 1040. The van der Waals surface area contributed by atoms with Crippen LogP contribution in [0.3, 0.4) is 0 Å². The maximum absolute atomic E-state index is 13.0. The van der Waals surface area contributed by atoms with E-state index in [1.165, 1.54) is 28.8 Å². The maximum atomic E-state index is 13.0. The van der Waals surface area contributed by atoms with Crippen molar-refractivity contribution in [3.05, 3.63) is 65.5 Å². The number of aliphatic imine (C=N–C) groups is 2. The number of hydrogen-bond donors (Lipinski definition) is 1. The van der Waals surface area contributed by atoms with E-state index in [9.17, 15) is 14.0 Å². The van der Waals surface area contributed by atoms with E-state index in [1.807, 2.05) is 24.3 Å². The molecule has 0 spiro atoms. The minimum atomic E-state index is -0.482. The molecule has 0 aromatic heterocycles. The molecular weight excluding hydrogens is 391 g/mol. The van der Waals surface area contributed by atoms with E-state index in [1.54, 1.807) is 26.0 Å². The highest BCUT2D eigenvalue weighted by Gasteiger charge is 2.40. The molecule has 1 N–H and O–H groups in total. The monoisotopic (exact) mass is 410 g/mol. The highest BCUT2D eigenvalue weighted by molar-refractivity contribution is 8.15. The van der Waals surface area contributed by atoms with Crippen LogP contribution in [0.1, 0.15) is 25.0 Å². The summed E-state index contributed by atoms with van der Waals surface area (Å²) >= 11 is 1.21. The maximum Gasteiger partial charge on any atom is 0.258 e. The molecule has 2 aliphatic rings. The lowest BCUT2D eigenvalue weighted by Gasteiger charge is -2.26. The molecule has 8 heteroatoms. The van der Waals surface area contributed by atoms with E-state index in [0.29, 0.717) is 17.5 Å². The summed E-state index contributed by atoms with van der Waals surface area (Å²) in [5.74, 6) is -0.0881. The van der Waals surface area contributed by atoms with Crippen LogP contribution in [-0.4, -0.2) is 39.0 Å². The summed E-state index contributed by atoms with van der Waals surface area (Å²) in [6.07, 6.45) is 0. The predicted octanol–water partition coefficient (Wildman–Crippen LogP) is 3.24. The van der Waals surface area contributed by atoms with Crippen LogP contribution in [0.2, 0.25) is 0 Å². The number of amidine groups is 2. The van der Waals surface area contributed by atoms with Crippen molar-refractivity contribution in [1.29, 1.82) is 0 Å². The van der Waals surface area contributed by atoms with E-state index >= 15 is 0 Å². The molecule has 29 heavy (non-hydrogen) atoms. The molecule has 2 aliphatic heterocycles. The van der Waals surface area contributed by atoms with Gasteiger partial charge in [0.25, 0.3) is 5.91 Å². The summed E-state index contributed by atoms with van der Waals surface area (Å²) in [6, 6.07) is 13.0. The summed E-state index contributed by atoms with van der Waals surface area (Å²) in [5, 5.41) is 2.80. The average molecular weight is 410 g/mol. The van der Waals surface area contributed by atoms with Gasteiger partial charge in [-0.05, 0) is 43.7 Å². The third-order valence-corrected chi connectivity index (χ3v) is 5.74. The third kappa shape index (κ3) is 3.80. The number of fused-ring (bicyclic) bond motifs is 3. The number of benzene rings is 2. The van der Waals surface area contributed by atoms with Gasteiger partial charge < -0.3 is 5.32 Å². The Balaban J connectivity index is 1.49. The van der Waals surface area contributed by atoms with Crippen LogP contribution in [0.15, 0.2) is 58.5 Å². The van der Waals surface area contributed by atoms with Gasteiger partial charge in [-0.1, -0.05) is 36.0 Å². The van der Waals surface area contributed by atoms with Crippen molar-refractivity contribution in [3.8, 4) is 0 Å². The number of thioether (sulfide) groups is 1. The second-order valence-electron chi connectivity index (χ2n) is 6.82. The molecule has 2 unspecified atom stereocenters. The molecule has 0 saturated carbocycles. The van der Waals surface area contributed by atoms with Crippen molar-refractivity contribution in [3.63, 3.8) is 0 Å². The molecule has 0 fully saturated rings. The van der Waals surface area contributed by atoms with Crippen molar-refractivity contribution >= 4 is 40.3 Å². The molecule has 2 amide bonds. The topological polar surface area (TPSA) is 74.1 Å².